The van der Waals surface area contributed by atoms with Gasteiger partial charge in [0.2, 0.25) is 0 Å². The van der Waals surface area contributed by atoms with E-state index >= 15 is 0 Å². The van der Waals surface area contributed by atoms with Gasteiger partial charge in [-0.15, -0.1) is 0 Å². The average molecular weight is 393 g/mol. The van der Waals surface area contributed by atoms with Crippen LogP contribution in [0.5, 0.6) is 0 Å². The van der Waals surface area contributed by atoms with Crippen molar-refractivity contribution in [3.63, 3.8) is 0 Å². The van der Waals surface area contributed by atoms with Crippen molar-refractivity contribution in [2.45, 2.75) is 72.6 Å². The zero-order chi connectivity index (χ0) is 20.4. The first-order valence-corrected chi connectivity index (χ1v) is 11.3. The van der Waals surface area contributed by atoms with E-state index in [4.69, 9.17) is 14.5 Å². The highest BCUT2D eigenvalue weighted by atomic mass is 17.2. The van der Waals surface area contributed by atoms with Crippen LogP contribution in [-0.2, 0) is 19.3 Å². The molecule has 0 spiro atoms. The number of hydrogen-bond donors (Lipinski definition) is 0. The smallest absolute Gasteiger partial charge is 0.330 e. The van der Waals surface area contributed by atoms with Crippen LogP contribution in [-0.4, -0.2) is 25.8 Å². The molecule has 4 heteroatoms. The summed E-state index contributed by atoms with van der Waals surface area (Å²) in [5, 5.41) is 0. The van der Waals surface area contributed by atoms with E-state index in [-0.39, 0.29) is 5.97 Å². The molecule has 28 heavy (non-hydrogen) atoms. The maximum atomic E-state index is 11.7. The molecule has 160 valence electrons. The van der Waals surface area contributed by atoms with Crippen molar-refractivity contribution >= 4 is 5.97 Å². The maximum absolute atomic E-state index is 11.7. The third kappa shape index (κ3) is 6.18. The minimum atomic E-state index is -0.233. The Balaban J connectivity index is 2.03. The summed E-state index contributed by atoms with van der Waals surface area (Å²) < 4.78 is 5.03. The van der Waals surface area contributed by atoms with Crippen molar-refractivity contribution in [2.75, 3.05) is 19.8 Å². The maximum Gasteiger partial charge on any atom is 0.330 e. The topological polar surface area (TPSA) is 44.8 Å². The van der Waals surface area contributed by atoms with E-state index in [1.165, 1.54) is 32.1 Å². The van der Waals surface area contributed by atoms with Gasteiger partial charge in [0.15, 0.2) is 0 Å². The number of hydrogen-bond acceptors (Lipinski definition) is 4. The summed E-state index contributed by atoms with van der Waals surface area (Å²) in [6.07, 6.45) is 16.6. The second-order valence-electron chi connectivity index (χ2n) is 8.71. The van der Waals surface area contributed by atoms with Gasteiger partial charge in [0, 0.05) is 6.08 Å². The van der Waals surface area contributed by atoms with Crippen molar-refractivity contribution in [2.24, 2.45) is 29.1 Å². The van der Waals surface area contributed by atoms with E-state index in [1.54, 1.807) is 6.08 Å². The fraction of sp³-hybridized carbons (Fsp3) is 0.792. The normalized spacial score (nSPS) is 31.4. The van der Waals surface area contributed by atoms with Crippen LogP contribution in [0.4, 0.5) is 0 Å². The summed E-state index contributed by atoms with van der Waals surface area (Å²) >= 11 is 0. The standard InChI is InChI=1S/C24H40O4/c1-5-26-23(25)14-9-13-20(12-7-8-18-28-27-6-2)22-16-15-21-19(3)11-10-17-24(21,22)4/h7-9,14,19-22H,5-6,10-13,15-18H2,1-4H3/b8-7+,14-9+/t19-,20?,21?,22+,24-/m0/s1. The Bertz CT molecular complexity index is 527. The van der Waals surface area contributed by atoms with Gasteiger partial charge in [-0.2, -0.15) is 0 Å². The molecule has 0 saturated heterocycles. The summed E-state index contributed by atoms with van der Waals surface area (Å²) in [5.41, 5.74) is 0.440. The largest absolute Gasteiger partial charge is 0.463 e. The zero-order valence-corrected chi connectivity index (χ0v) is 18.3. The van der Waals surface area contributed by atoms with Gasteiger partial charge in [-0.1, -0.05) is 44.9 Å². The van der Waals surface area contributed by atoms with Crippen LogP contribution in [0.25, 0.3) is 0 Å². The van der Waals surface area contributed by atoms with Crippen LogP contribution in [0.2, 0.25) is 0 Å². The Labute approximate surface area is 171 Å². The molecule has 2 aliphatic carbocycles. The molecule has 0 radical (unpaired) electrons. The molecule has 2 aliphatic rings. The molecule has 0 aromatic heterocycles. The van der Waals surface area contributed by atoms with Crippen LogP contribution in [0.1, 0.15) is 72.6 Å². The number of carbonyl (C=O) groups is 1. The molecule has 0 bridgehead atoms. The second kappa shape index (κ2) is 11.8. The Morgan fingerprint density at radius 3 is 2.61 bits per heavy atom. The highest BCUT2D eigenvalue weighted by Gasteiger charge is 2.51. The SMILES string of the molecule is CCOOC/C=C/CC(C/C=C/C(=O)OCC)[C@H]1CCC2[C@@H](C)CCC[C@@]21C. The van der Waals surface area contributed by atoms with Crippen LogP contribution in [0.15, 0.2) is 24.3 Å². The molecule has 2 unspecified atom stereocenters. The zero-order valence-electron chi connectivity index (χ0n) is 18.3. The fourth-order valence-electron chi connectivity index (χ4n) is 5.84. The predicted octanol–water partition coefficient (Wildman–Crippen LogP) is 5.88. The first-order valence-electron chi connectivity index (χ1n) is 11.3. The highest BCUT2D eigenvalue weighted by molar-refractivity contribution is 5.81. The van der Waals surface area contributed by atoms with Gasteiger partial charge >= 0.3 is 5.97 Å². The molecule has 0 aromatic carbocycles. The first-order chi connectivity index (χ1) is 13.5. The van der Waals surface area contributed by atoms with Gasteiger partial charge in [0.25, 0.3) is 0 Å². The van der Waals surface area contributed by atoms with Crippen molar-refractivity contribution in [1.82, 2.24) is 0 Å². The molecule has 2 fully saturated rings. The number of carbonyl (C=O) groups excluding carboxylic acids is 1. The van der Waals surface area contributed by atoms with Gasteiger partial charge < -0.3 is 4.74 Å². The van der Waals surface area contributed by atoms with E-state index in [2.05, 4.69) is 26.0 Å². The quantitative estimate of drug-likeness (QED) is 0.110. The van der Waals surface area contributed by atoms with Gasteiger partial charge in [-0.05, 0) is 75.0 Å². The van der Waals surface area contributed by atoms with E-state index in [0.29, 0.717) is 37.1 Å². The number of rotatable bonds is 11. The third-order valence-corrected chi connectivity index (χ3v) is 7.06. The van der Waals surface area contributed by atoms with Gasteiger partial charge in [-0.25, -0.2) is 14.6 Å². The number of fused-ring (bicyclic) bond motifs is 1. The lowest BCUT2D eigenvalue weighted by molar-refractivity contribution is -0.282. The highest BCUT2D eigenvalue weighted by Crippen LogP contribution is 2.60. The summed E-state index contributed by atoms with van der Waals surface area (Å²) in [7, 11) is 0. The van der Waals surface area contributed by atoms with Crippen molar-refractivity contribution in [3.8, 4) is 0 Å². The summed E-state index contributed by atoms with van der Waals surface area (Å²) in [4.78, 5) is 21.7. The van der Waals surface area contributed by atoms with Crippen molar-refractivity contribution in [3.05, 3.63) is 24.3 Å². The van der Waals surface area contributed by atoms with Gasteiger partial charge in [-0.3, -0.25) is 0 Å². The molecular formula is C24H40O4. The second-order valence-corrected chi connectivity index (χ2v) is 8.71. The first kappa shape index (κ1) is 23.2. The Morgan fingerprint density at radius 1 is 1.07 bits per heavy atom. The van der Waals surface area contributed by atoms with Crippen molar-refractivity contribution < 1.29 is 19.3 Å². The molecule has 0 aromatic rings. The predicted molar refractivity (Wildman–Crippen MR) is 113 cm³/mol. The lowest BCUT2D eigenvalue weighted by atomic mass is 9.59. The molecule has 0 amide bonds. The summed E-state index contributed by atoms with van der Waals surface area (Å²) in [6, 6.07) is 0. The monoisotopic (exact) mass is 392 g/mol. The molecular weight excluding hydrogens is 352 g/mol. The Morgan fingerprint density at radius 2 is 1.86 bits per heavy atom. The van der Waals surface area contributed by atoms with E-state index in [0.717, 1.165) is 24.7 Å². The van der Waals surface area contributed by atoms with Crippen LogP contribution in [0.3, 0.4) is 0 Å². The molecule has 0 heterocycles. The number of allylic oxidation sites excluding steroid dienone is 2. The summed E-state index contributed by atoms with van der Waals surface area (Å²) in [6.45, 7) is 10.2. The van der Waals surface area contributed by atoms with Crippen LogP contribution in [0, 0.1) is 29.1 Å². The van der Waals surface area contributed by atoms with Crippen LogP contribution >= 0.6 is 0 Å². The van der Waals surface area contributed by atoms with E-state index in [9.17, 15) is 4.79 Å². The fourth-order valence-corrected chi connectivity index (χ4v) is 5.84. The Kier molecular flexibility index (Phi) is 9.73. The Hall–Kier alpha value is -1.13. The van der Waals surface area contributed by atoms with E-state index in [1.807, 2.05) is 19.9 Å². The molecule has 0 aliphatic heterocycles. The number of ether oxygens (including phenoxy) is 1. The lowest BCUT2D eigenvalue weighted by Crippen LogP contribution is -2.38. The lowest BCUT2D eigenvalue weighted by Gasteiger charge is -2.46. The van der Waals surface area contributed by atoms with Gasteiger partial charge in [0.05, 0.1) is 13.2 Å². The third-order valence-electron chi connectivity index (χ3n) is 7.06. The number of esters is 1. The van der Waals surface area contributed by atoms with E-state index < -0.39 is 0 Å². The van der Waals surface area contributed by atoms with Crippen molar-refractivity contribution in [1.29, 1.82) is 0 Å². The molecule has 4 nitrogen and oxygen atoms in total. The summed E-state index contributed by atoms with van der Waals surface area (Å²) in [5.74, 6) is 2.73. The minimum absolute atomic E-state index is 0.233. The van der Waals surface area contributed by atoms with Gasteiger partial charge in [0.1, 0.15) is 6.61 Å². The van der Waals surface area contributed by atoms with Crippen LogP contribution < -0.4 is 0 Å². The molecule has 0 N–H and O–H groups in total. The average Bonchev–Trinajstić information content (AvgIpc) is 3.01. The molecule has 5 atom stereocenters. The molecule has 2 rings (SSSR count). The minimum Gasteiger partial charge on any atom is -0.463 e. The molecule has 2 saturated carbocycles.